The van der Waals surface area contributed by atoms with Gasteiger partial charge in [-0.05, 0) is 37.1 Å². The number of urea groups is 1. The van der Waals surface area contributed by atoms with Gasteiger partial charge in [0.1, 0.15) is 0 Å². The second kappa shape index (κ2) is 11.6. The summed E-state index contributed by atoms with van der Waals surface area (Å²) in [5.41, 5.74) is 3.41. The smallest absolute Gasteiger partial charge is 0.314 e. The van der Waals surface area contributed by atoms with Gasteiger partial charge in [-0.25, -0.2) is 14.8 Å². The van der Waals surface area contributed by atoms with E-state index in [2.05, 4.69) is 64.7 Å². The van der Waals surface area contributed by atoms with Crippen molar-refractivity contribution in [3.05, 3.63) is 52.9 Å². The highest BCUT2D eigenvalue weighted by molar-refractivity contribution is 7.07. The average molecular weight is 468 g/mol. The molecule has 1 aromatic carbocycles. The first-order valence-corrected chi connectivity index (χ1v) is 12.1. The first kappa shape index (κ1) is 22.9. The number of amides is 2. The largest absolute Gasteiger partial charge is 0.378 e. The summed E-state index contributed by atoms with van der Waals surface area (Å²) in [6, 6.07) is 10.3. The van der Waals surface area contributed by atoms with Crippen molar-refractivity contribution in [3.8, 4) is 11.3 Å². The first-order valence-electron chi connectivity index (χ1n) is 11.2. The van der Waals surface area contributed by atoms with Crippen molar-refractivity contribution in [2.24, 2.45) is 4.99 Å². The number of morpholine rings is 1. The molecule has 2 amide bonds. The zero-order valence-corrected chi connectivity index (χ0v) is 19.6. The Morgan fingerprint density at radius 1 is 1.15 bits per heavy atom. The number of thiazole rings is 1. The van der Waals surface area contributed by atoms with E-state index in [-0.39, 0.29) is 6.03 Å². The normalized spacial score (nSPS) is 14.3. The Hall–Kier alpha value is -3.24. The topological polar surface area (TPSA) is 96.7 Å². The van der Waals surface area contributed by atoms with E-state index in [4.69, 9.17) is 4.74 Å². The number of nitrogens with one attached hydrogen (secondary N) is 2. The van der Waals surface area contributed by atoms with E-state index in [9.17, 15) is 4.79 Å². The van der Waals surface area contributed by atoms with Crippen LogP contribution in [0.25, 0.3) is 11.3 Å². The van der Waals surface area contributed by atoms with Crippen LogP contribution in [-0.2, 0) is 11.3 Å². The van der Waals surface area contributed by atoms with E-state index >= 15 is 0 Å². The van der Waals surface area contributed by atoms with Crippen LogP contribution in [0.4, 0.5) is 16.4 Å². The summed E-state index contributed by atoms with van der Waals surface area (Å²) >= 11 is 1.56. The third kappa shape index (κ3) is 6.17. The van der Waals surface area contributed by atoms with Gasteiger partial charge in [-0.3, -0.25) is 0 Å². The molecule has 9 nitrogen and oxygen atoms in total. The van der Waals surface area contributed by atoms with Crippen molar-refractivity contribution in [2.45, 2.75) is 19.9 Å². The number of benzene rings is 1. The third-order valence-electron chi connectivity index (χ3n) is 5.27. The number of carbonyl (C=O) groups is 1. The van der Waals surface area contributed by atoms with E-state index < -0.39 is 0 Å². The number of hydrogen-bond donors (Lipinski definition) is 2. The molecule has 3 heterocycles. The van der Waals surface area contributed by atoms with Gasteiger partial charge < -0.3 is 24.8 Å². The minimum Gasteiger partial charge on any atom is -0.378 e. The second-order valence-corrected chi connectivity index (χ2v) is 8.34. The molecule has 1 aliphatic rings. The molecule has 0 bridgehead atoms. The van der Waals surface area contributed by atoms with Crippen LogP contribution in [0.5, 0.6) is 0 Å². The predicted octanol–water partition coefficient (Wildman–Crippen LogP) is 2.78. The molecule has 0 aliphatic carbocycles. The highest BCUT2D eigenvalue weighted by atomic mass is 32.1. The fraction of sp³-hybridized carbons (Fsp3) is 0.391. The molecule has 10 heteroatoms. The summed E-state index contributed by atoms with van der Waals surface area (Å²) in [7, 11) is 0. The van der Waals surface area contributed by atoms with Crippen molar-refractivity contribution in [2.75, 3.05) is 44.3 Å². The van der Waals surface area contributed by atoms with Gasteiger partial charge in [0.15, 0.2) is 4.80 Å². The third-order valence-corrected chi connectivity index (χ3v) is 6.13. The lowest BCUT2D eigenvalue weighted by molar-refractivity contribution is 0.122. The fourth-order valence-electron chi connectivity index (χ4n) is 3.63. The van der Waals surface area contributed by atoms with Gasteiger partial charge in [-0.1, -0.05) is 12.1 Å². The number of aromatic nitrogens is 3. The lowest BCUT2D eigenvalue weighted by Crippen LogP contribution is -2.36. The van der Waals surface area contributed by atoms with Crippen LogP contribution in [0, 0.1) is 0 Å². The highest BCUT2D eigenvalue weighted by Crippen LogP contribution is 2.25. The average Bonchev–Trinajstić information content (AvgIpc) is 3.25. The summed E-state index contributed by atoms with van der Waals surface area (Å²) < 4.78 is 7.63. The van der Waals surface area contributed by atoms with Gasteiger partial charge in [-0.15, -0.1) is 11.3 Å². The maximum absolute atomic E-state index is 11.7. The Labute approximate surface area is 197 Å². The van der Waals surface area contributed by atoms with Crippen LogP contribution < -0.4 is 20.3 Å². The predicted molar refractivity (Wildman–Crippen MR) is 130 cm³/mol. The number of rotatable bonds is 8. The van der Waals surface area contributed by atoms with E-state index in [0.717, 1.165) is 48.8 Å². The molecule has 0 unspecified atom stereocenters. The van der Waals surface area contributed by atoms with Crippen molar-refractivity contribution in [1.29, 1.82) is 0 Å². The molecule has 1 saturated heterocycles. The van der Waals surface area contributed by atoms with Crippen LogP contribution in [0.2, 0.25) is 0 Å². The molecular weight excluding hydrogens is 438 g/mol. The number of hydrogen-bond acceptors (Lipinski definition) is 7. The standard InChI is InChI=1S/C23H29N7O2S/c1-2-24-22(31)27-11-4-12-30-20(17-33-23(30)28-21-25-9-3-10-26-21)18-5-7-19(8-6-18)29-13-15-32-16-14-29/h3,5-10,17H,2,4,11-16H2,1H3,(H2,24,27,31)/b28-23-. The SMILES string of the molecule is CCNC(=O)NCCCn1c(-c2ccc(N3CCOCC3)cc2)cs/c1=N\c1ncccn1. The van der Waals surface area contributed by atoms with Crippen LogP contribution in [0.3, 0.4) is 0 Å². The molecule has 1 fully saturated rings. The molecule has 0 radical (unpaired) electrons. The van der Waals surface area contributed by atoms with E-state index in [1.165, 1.54) is 5.69 Å². The minimum absolute atomic E-state index is 0.144. The molecule has 4 rings (SSSR count). The molecule has 174 valence electrons. The van der Waals surface area contributed by atoms with Crippen molar-refractivity contribution >= 4 is 29.0 Å². The summed E-state index contributed by atoms with van der Waals surface area (Å²) in [6.07, 6.45) is 4.15. The summed E-state index contributed by atoms with van der Waals surface area (Å²) in [5.74, 6) is 0.433. The maximum atomic E-state index is 11.7. The number of ether oxygens (including phenoxy) is 1. The zero-order valence-electron chi connectivity index (χ0n) is 18.7. The summed E-state index contributed by atoms with van der Waals surface area (Å²) in [4.78, 5) is 28.0. The van der Waals surface area contributed by atoms with Gasteiger partial charge in [0.05, 0.1) is 18.9 Å². The number of anilines is 1. The molecular formula is C23H29N7O2S. The molecule has 1 aliphatic heterocycles. The quantitative estimate of drug-likeness (QED) is 0.497. The number of carbonyl (C=O) groups excluding carboxylic acids is 1. The molecule has 0 saturated carbocycles. The lowest BCUT2D eigenvalue weighted by atomic mass is 10.1. The Morgan fingerprint density at radius 2 is 1.91 bits per heavy atom. The molecule has 0 atom stereocenters. The molecule has 2 aromatic heterocycles. The molecule has 2 N–H and O–H groups in total. The Balaban J connectivity index is 1.56. The minimum atomic E-state index is -0.144. The zero-order chi connectivity index (χ0) is 22.9. The Bertz CT molecular complexity index is 1090. The highest BCUT2D eigenvalue weighted by Gasteiger charge is 2.13. The first-order chi connectivity index (χ1) is 16.2. The van der Waals surface area contributed by atoms with Crippen LogP contribution in [0.15, 0.2) is 53.1 Å². The number of nitrogens with zero attached hydrogens (tertiary/aromatic N) is 5. The Kier molecular flexibility index (Phi) is 8.04. The van der Waals surface area contributed by atoms with E-state index in [1.54, 1.807) is 29.8 Å². The van der Waals surface area contributed by atoms with Crippen LogP contribution in [0.1, 0.15) is 13.3 Å². The summed E-state index contributed by atoms with van der Waals surface area (Å²) in [5, 5.41) is 7.75. The summed E-state index contributed by atoms with van der Waals surface area (Å²) in [6.45, 7) is 7.15. The molecule has 0 spiro atoms. The van der Waals surface area contributed by atoms with Gasteiger partial charge in [-0.2, -0.15) is 4.99 Å². The van der Waals surface area contributed by atoms with Gasteiger partial charge in [0, 0.05) is 56.2 Å². The van der Waals surface area contributed by atoms with Gasteiger partial charge >= 0.3 is 6.03 Å². The van der Waals surface area contributed by atoms with Gasteiger partial charge in [0.25, 0.3) is 5.95 Å². The van der Waals surface area contributed by atoms with Crippen LogP contribution >= 0.6 is 11.3 Å². The van der Waals surface area contributed by atoms with Crippen molar-refractivity contribution in [3.63, 3.8) is 0 Å². The van der Waals surface area contributed by atoms with Crippen molar-refractivity contribution < 1.29 is 9.53 Å². The fourth-order valence-corrected chi connectivity index (χ4v) is 4.56. The second-order valence-electron chi connectivity index (χ2n) is 7.50. The molecule has 3 aromatic rings. The Morgan fingerprint density at radius 3 is 2.64 bits per heavy atom. The van der Waals surface area contributed by atoms with E-state index in [1.807, 2.05) is 6.92 Å². The van der Waals surface area contributed by atoms with Gasteiger partial charge in [0.2, 0.25) is 0 Å². The molecule has 33 heavy (non-hydrogen) atoms. The maximum Gasteiger partial charge on any atom is 0.314 e. The van der Waals surface area contributed by atoms with Crippen LogP contribution in [-0.4, -0.2) is 60.0 Å². The van der Waals surface area contributed by atoms with E-state index in [0.29, 0.717) is 25.6 Å². The van der Waals surface area contributed by atoms with Crippen molar-refractivity contribution in [1.82, 2.24) is 25.2 Å². The lowest BCUT2D eigenvalue weighted by Gasteiger charge is -2.28. The monoisotopic (exact) mass is 467 g/mol.